The third-order valence-electron chi connectivity index (χ3n) is 3.10. The van der Waals surface area contributed by atoms with E-state index in [-0.39, 0.29) is 18.4 Å². The molecule has 5 nitrogen and oxygen atoms in total. The fourth-order valence-electron chi connectivity index (χ4n) is 1.97. The van der Waals surface area contributed by atoms with E-state index in [0.717, 1.165) is 5.56 Å². The van der Waals surface area contributed by atoms with Crippen molar-refractivity contribution in [2.24, 2.45) is 5.92 Å². The van der Waals surface area contributed by atoms with Crippen molar-refractivity contribution in [3.63, 3.8) is 0 Å². The zero-order chi connectivity index (χ0) is 16.5. The van der Waals surface area contributed by atoms with Crippen LogP contribution in [0.5, 0.6) is 0 Å². The maximum Gasteiger partial charge on any atom is 0.407 e. The van der Waals surface area contributed by atoms with E-state index in [1.54, 1.807) is 6.92 Å². The van der Waals surface area contributed by atoms with E-state index in [0.29, 0.717) is 18.0 Å². The number of hydrogen-bond donors (Lipinski definition) is 2. The molecular weight excluding hydrogens is 304 g/mol. The highest BCUT2D eigenvalue weighted by Crippen LogP contribution is 2.10. The topological polar surface area (TPSA) is 67.4 Å². The van der Waals surface area contributed by atoms with Gasteiger partial charge in [-0.25, -0.2) is 4.79 Å². The molecule has 0 aliphatic carbocycles. The Labute approximate surface area is 136 Å². The van der Waals surface area contributed by atoms with Gasteiger partial charge in [-0.3, -0.25) is 4.79 Å². The van der Waals surface area contributed by atoms with Crippen LogP contribution in [0.1, 0.15) is 26.3 Å². The van der Waals surface area contributed by atoms with Crippen molar-refractivity contribution < 1.29 is 14.3 Å². The summed E-state index contributed by atoms with van der Waals surface area (Å²) in [4.78, 5) is 23.6. The Morgan fingerprint density at radius 2 is 2.05 bits per heavy atom. The average Bonchev–Trinajstić information content (AvgIpc) is 2.44. The van der Waals surface area contributed by atoms with Crippen LogP contribution in [0.3, 0.4) is 0 Å². The predicted molar refractivity (Wildman–Crippen MR) is 86.9 cm³/mol. The average molecular weight is 327 g/mol. The highest BCUT2D eigenvalue weighted by molar-refractivity contribution is 6.30. The number of rotatable bonds is 7. The fourth-order valence-corrected chi connectivity index (χ4v) is 2.18. The fraction of sp³-hybridized carbons (Fsp3) is 0.500. The molecule has 6 heteroatoms. The molecule has 1 atom stereocenters. The molecule has 0 aliphatic heterocycles. The van der Waals surface area contributed by atoms with Crippen LogP contribution in [0.15, 0.2) is 24.3 Å². The van der Waals surface area contributed by atoms with Gasteiger partial charge in [0.05, 0.1) is 6.61 Å². The minimum atomic E-state index is -0.613. The second kappa shape index (κ2) is 9.30. The molecular formula is C16H23ClN2O3. The van der Waals surface area contributed by atoms with E-state index in [2.05, 4.69) is 10.6 Å². The van der Waals surface area contributed by atoms with Crippen molar-refractivity contribution in [2.75, 3.05) is 13.2 Å². The molecule has 0 heterocycles. The van der Waals surface area contributed by atoms with Gasteiger partial charge in [-0.2, -0.15) is 0 Å². The van der Waals surface area contributed by atoms with Crippen LogP contribution in [-0.4, -0.2) is 31.2 Å². The molecule has 1 aromatic rings. The number of hydrogen-bond acceptors (Lipinski definition) is 3. The Morgan fingerprint density at radius 1 is 1.32 bits per heavy atom. The van der Waals surface area contributed by atoms with E-state index >= 15 is 0 Å². The molecule has 0 spiro atoms. The third-order valence-corrected chi connectivity index (χ3v) is 3.33. The van der Waals surface area contributed by atoms with Crippen molar-refractivity contribution in [2.45, 2.75) is 33.2 Å². The Bertz CT molecular complexity index is 506. The summed E-state index contributed by atoms with van der Waals surface area (Å²) >= 11 is 5.92. The number of nitrogens with one attached hydrogen (secondary N) is 2. The Kier molecular flexibility index (Phi) is 7.74. The second-order valence-electron chi connectivity index (χ2n) is 5.26. The summed E-state index contributed by atoms with van der Waals surface area (Å²) in [6, 6.07) is 6.89. The van der Waals surface area contributed by atoms with E-state index in [9.17, 15) is 9.59 Å². The van der Waals surface area contributed by atoms with Crippen LogP contribution in [0.4, 0.5) is 4.79 Å². The van der Waals surface area contributed by atoms with Gasteiger partial charge in [0.25, 0.3) is 0 Å². The first-order chi connectivity index (χ1) is 10.4. The molecule has 0 saturated heterocycles. The van der Waals surface area contributed by atoms with Gasteiger partial charge in [0.2, 0.25) is 5.91 Å². The molecule has 0 fully saturated rings. The predicted octanol–water partition coefficient (Wildman–Crippen LogP) is 2.77. The van der Waals surface area contributed by atoms with Gasteiger partial charge >= 0.3 is 6.09 Å². The Morgan fingerprint density at radius 3 is 2.64 bits per heavy atom. The van der Waals surface area contributed by atoms with Crippen LogP contribution in [-0.2, 0) is 16.0 Å². The molecule has 1 unspecified atom stereocenters. The SMILES string of the molecule is CCOC(=O)NC(C(=O)NCCc1cccc(Cl)c1)C(C)C. The first-order valence-electron chi connectivity index (χ1n) is 7.39. The lowest BCUT2D eigenvalue weighted by atomic mass is 10.0. The quantitative estimate of drug-likeness (QED) is 0.809. The van der Waals surface area contributed by atoms with Gasteiger partial charge in [0, 0.05) is 11.6 Å². The summed E-state index contributed by atoms with van der Waals surface area (Å²) in [6.45, 7) is 6.20. The van der Waals surface area contributed by atoms with Crippen LogP contribution in [0, 0.1) is 5.92 Å². The summed E-state index contributed by atoms with van der Waals surface area (Å²) in [5, 5.41) is 6.08. The first kappa shape index (κ1) is 18.3. The number of alkyl carbamates (subject to hydrolysis) is 1. The summed E-state index contributed by atoms with van der Waals surface area (Å²) in [6.07, 6.45) is 0.0995. The van der Waals surface area contributed by atoms with Gasteiger partial charge in [0.15, 0.2) is 0 Å². The van der Waals surface area contributed by atoms with Crippen LogP contribution in [0.2, 0.25) is 5.02 Å². The van der Waals surface area contributed by atoms with E-state index in [1.165, 1.54) is 0 Å². The van der Waals surface area contributed by atoms with Crippen LogP contribution >= 0.6 is 11.6 Å². The molecule has 122 valence electrons. The summed E-state index contributed by atoms with van der Waals surface area (Å²) < 4.78 is 4.81. The maximum absolute atomic E-state index is 12.2. The van der Waals surface area contributed by atoms with E-state index < -0.39 is 12.1 Å². The molecule has 2 amide bonds. The molecule has 0 bridgehead atoms. The van der Waals surface area contributed by atoms with Gasteiger partial charge < -0.3 is 15.4 Å². The highest BCUT2D eigenvalue weighted by Gasteiger charge is 2.24. The van der Waals surface area contributed by atoms with Crippen molar-refractivity contribution in [1.82, 2.24) is 10.6 Å². The van der Waals surface area contributed by atoms with Crippen LogP contribution < -0.4 is 10.6 Å². The minimum Gasteiger partial charge on any atom is -0.450 e. The van der Waals surface area contributed by atoms with Crippen molar-refractivity contribution in [1.29, 1.82) is 0 Å². The zero-order valence-corrected chi connectivity index (χ0v) is 13.9. The number of halogens is 1. The number of carbonyl (C=O) groups excluding carboxylic acids is 2. The molecule has 0 aliphatic rings. The summed E-state index contributed by atoms with van der Waals surface area (Å²) in [7, 11) is 0. The lowest BCUT2D eigenvalue weighted by Crippen LogP contribution is -2.50. The van der Waals surface area contributed by atoms with Crippen molar-refractivity contribution in [3.8, 4) is 0 Å². The van der Waals surface area contributed by atoms with Gasteiger partial charge in [-0.15, -0.1) is 0 Å². The Balaban J connectivity index is 2.48. The number of carbonyl (C=O) groups is 2. The normalized spacial score (nSPS) is 11.9. The third kappa shape index (κ3) is 6.35. The second-order valence-corrected chi connectivity index (χ2v) is 5.69. The van der Waals surface area contributed by atoms with E-state index in [1.807, 2.05) is 38.1 Å². The van der Waals surface area contributed by atoms with Crippen molar-refractivity contribution in [3.05, 3.63) is 34.9 Å². The lowest BCUT2D eigenvalue weighted by molar-refractivity contribution is -0.124. The van der Waals surface area contributed by atoms with Gasteiger partial charge in [-0.1, -0.05) is 37.6 Å². The van der Waals surface area contributed by atoms with Crippen molar-refractivity contribution >= 4 is 23.6 Å². The Hall–Kier alpha value is -1.75. The number of benzene rings is 1. The standard InChI is InChI=1S/C16H23ClN2O3/c1-4-22-16(21)19-14(11(2)3)15(20)18-9-8-12-6-5-7-13(17)10-12/h5-7,10-11,14H,4,8-9H2,1-3H3,(H,18,20)(H,19,21). The molecule has 0 saturated carbocycles. The monoisotopic (exact) mass is 326 g/mol. The molecule has 22 heavy (non-hydrogen) atoms. The number of ether oxygens (including phenoxy) is 1. The van der Waals surface area contributed by atoms with E-state index in [4.69, 9.17) is 16.3 Å². The number of amides is 2. The minimum absolute atomic E-state index is 0.0319. The maximum atomic E-state index is 12.2. The molecule has 0 aromatic heterocycles. The lowest BCUT2D eigenvalue weighted by Gasteiger charge is -2.21. The zero-order valence-electron chi connectivity index (χ0n) is 13.2. The van der Waals surface area contributed by atoms with Crippen LogP contribution in [0.25, 0.3) is 0 Å². The van der Waals surface area contributed by atoms with Gasteiger partial charge in [0.1, 0.15) is 6.04 Å². The molecule has 2 N–H and O–H groups in total. The highest BCUT2D eigenvalue weighted by atomic mass is 35.5. The van der Waals surface area contributed by atoms with Gasteiger partial charge in [-0.05, 0) is 37.0 Å². The first-order valence-corrected chi connectivity index (χ1v) is 7.77. The summed E-state index contributed by atoms with van der Waals surface area (Å²) in [5.41, 5.74) is 1.05. The molecule has 1 rings (SSSR count). The largest absolute Gasteiger partial charge is 0.450 e. The summed E-state index contributed by atoms with van der Waals surface area (Å²) in [5.74, 6) is -0.249. The molecule has 1 aromatic carbocycles. The molecule has 0 radical (unpaired) electrons. The smallest absolute Gasteiger partial charge is 0.407 e.